The molecule has 38 heavy (non-hydrogen) atoms. The average Bonchev–Trinajstić information content (AvgIpc) is 3.37. The fraction of sp³-hybridized carbons (Fsp3) is 0.417. The minimum Gasteiger partial charge on any atom is -0.349 e. The number of allylic oxidation sites excluding steroid dienone is 12. The molecule has 208 valence electrons. The van der Waals surface area contributed by atoms with Crippen molar-refractivity contribution in [2.24, 2.45) is 10.9 Å². The summed E-state index contributed by atoms with van der Waals surface area (Å²) in [6.07, 6.45) is 15.9. The molecule has 0 aliphatic carbocycles. The standard InChI is InChI=1S/C21H29N.C13H19N.C2H6/c1-7-17(4)21(16(2)3)22-19(6)13-11-12-18(5)20-14-9-8-10-15-20;1-5-11(2)8-9-13(4)14-10-6-7-12(14)3;1-2/h8-15,17H,7H2,1-6H3;5,8-9H,1,3,6-7,10H2,2,4H3;1-2H3/b13-11-,18-12+,22-19?;11-8-,13-9+;. The lowest BCUT2D eigenvalue weighted by atomic mass is 10.0. The first-order valence-electron chi connectivity index (χ1n) is 14.2. The Kier molecular flexibility index (Phi) is 18.3. The summed E-state index contributed by atoms with van der Waals surface area (Å²) >= 11 is 0. The van der Waals surface area contributed by atoms with E-state index in [1.165, 1.54) is 45.8 Å². The first kappa shape index (κ1) is 34.9. The summed E-state index contributed by atoms with van der Waals surface area (Å²) in [5.74, 6) is 0.509. The number of rotatable bonds is 9. The second kappa shape index (κ2) is 19.9. The van der Waals surface area contributed by atoms with Crippen LogP contribution in [0.1, 0.15) is 94.1 Å². The topological polar surface area (TPSA) is 15.6 Å². The van der Waals surface area contributed by atoms with Crippen LogP contribution < -0.4 is 0 Å². The molecule has 0 radical (unpaired) electrons. The van der Waals surface area contributed by atoms with Crippen LogP contribution in [0.5, 0.6) is 0 Å². The van der Waals surface area contributed by atoms with Crippen LogP contribution in [0.4, 0.5) is 0 Å². The number of nitrogens with zero attached hydrogens (tertiary/aromatic N) is 2. The predicted molar refractivity (Wildman–Crippen MR) is 174 cm³/mol. The fourth-order valence-corrected chi connectivity index (χ4v) is 3.83. The van der Waals surface area contributed by atoms with Gasteiger partial charge in [-0.15, -0.1) is 0 Å². The van der Waals surface area contributed by atoms with E-state index >= 15 is 0 Å². The minimum atomic E-state index is 0.509. The van der Waals surface area contributed by atoms with E-state index in [-0.39, 0.29) is 0 Å². The van der Waals surface area contributed by atoms with E-state index in [0.717, 1.165) is 25.1 Å². The minimum absolute atomic E-state index is 0.509. The highest BCUT2D eigenvalue weighted by Gasteiger charge is 2.15. The summed E-state index contributed by atoms with van der Waals surface area (Å²) in [7, 11) is 0. The van der Waals surface area contributed by atoms with E-state index in [4.69, 9.17) is 4.99 Å². The van der Waals surface area contributed by atoms with Crippen molar-refractivity contribution in [2.75, 3.05) is 6.54 Å². The Hall–Kier alpha value is -3.13. The van der Waals surface area contributed by atoms with Gasteiger partial charge in [0.25, 0.3) is 0 Å². The van der Waals surface area contributed by atoms with Crippen molar-refractivity contribution in [2.45, 2.75) is 88.5 Å². The van der Waals surface area contributed by atoms with Gasteiger partial charge in [-0.3, -0.25) is 4.99 Å². The maximum atomic E-state index is 4.80. The van der Waals surface area contributed by atoms with Gasteiger partial charge in [0.2, 0.25) is 0 Å². The van der Waals surface area contributed by atoms with Gasteiger partial charge >= 0.3 is 0 Å². The van der Waals surface area contributed by atoms with Crippen molar-refractivity contribution < 1.29 is 0 Å². The lowest BCUT2D eigenvalue weighted by Gasteiger charge is -2.19. The average molecular weight is 515 g/mol. The third-order valence-corrected chi connectivity index (χ3v) is 6.36. The highest BCUT2D eigenvalue weighted by atomic mass is 15.2. The smallest absolute Gasteiger partial charge is 0.0421 e. The maximum Gasteiger partial charge on any atom is 0.0421 e. The van der Waals surface area contributed by atoms with Crippen LogP contribution in [0.2, 0.25) is 0 Å². The number of hydrogen-bond donors (Lipinski definition) is 0. The zero-order valence-corrected chi connectivity index (χ0v) is 26.1. The molecule has 1 aliphatic heterocycles. The SMILES string of the molecule is C=C/C(C)=C\C=C(/C)N1CCCC1=C.CC.CCC(C)C(N=C(C)/C=C\C=C(/C)c1ccccc1)=C(C)C. The summed E-state index contributed by atoms with van der Waals surface area (Å²) in [5, 5.41) is 0. The van der Waals surface area contributed by atoms with Crippen LogP contribution in [0, 0.1) is 5.92 Å². The molecule has 1 atom stereocenters. The molecule has 0 bridgehead atoms. The fourth-order valence-electron chi connectivity index (χ4n) is 3.83. The van der Waals surface area contributed by atoms with E-state index in [9.17, 15) is 0 Å². The van der Waals surface area contributed by atoms with Gasteiger partial charge in [-0.25, -0.2) is 0 Å². The second-order valence-corrected chi connectivity index (χ2v) is 9.77. The number of benzene rings is 1. The van der Waals surface area contributed by atoms with Gasteiger partial charge < -0.3 is 4.90 Å². The van der Waals surface area contributed by atoms with E-state index < -0.39 is 0 Å². The Morgan fingerprint density at radius 3 is 2.13 bits per heavy atom. The predicted octanol–water partition coefficient (Wildman–Crippen LogP) is 11.1. The van der Waals surface area contributed by atoms with Crippen LogP contribution >= 0.6 is 0 Å². The molecule has 2 nitrogen and oxygen atoms in total. The third-order valence-electron chi connectivity index (χ3n) is 6.36. The van der Waals surface area contributed by atoms with Crippen molar-refractivity contribution in [1.29, 1.82) is 0 Å². The van der Waals surface area contributed by atoms with Gasteiger partial charge in [0.1, 0.15) is 0 Å². The monoisotopic (exact) mass is 514 g/mol. The van der Waals surface area contributed by atoms with Crippen LogP contribution in [0.15, 0.2) is 113 Å². The Balaban J connectivity index is 0.000000735. The lowest BCUT2D eigenvalue weighted by molar-refractivity contribution is 0.491. The van der Waals surface area contributed by atoms with E-state index in [2.05, 4.69) is 128 Å². The van der Waals surface area contributed by atoms with E-state index in [1.807, 2.05) is 26.0 Å². The quantitative estimate of drug-likeness (QED) is 0.236. The van der Waals surface area contributed by atoms with Crippen LogP contribution in [0.25, 0.3) is 5.57 Å². The number of likely N-dealkylation sites (tertiary alicyclic amines) is 1. The third kappa shape index (κ3) is 13.4. The Morgan fingerprint density at radius 2 is 1.63 bits per heavy atom. The van der Waals surface area contributed by atoms with Gasteiger partial charge in [-0.05, 0) is 90.0 Å². The summed E-state index contributed by atoms with van der Waals surface area (Å²) in [6.45, 7) is 30.0. The van der Waals surface area contributed by atoms with E-state index in [0.29, 0.717) is 5.92 Å². The number of hydrogen-bond acceptors (Lipinski definition) is 2. The lowest BCUT2D eigenvalue weighted by Crippen LogP contribution is -2.14. The summed E-state index contributed by atoms with van der Waals surface area (Å²) in [6, 6.07) is 10.4. The van der Waals surface area contributed by atoms with Gasteiger partial charge in [0, 0.05) is 29.3 Å². The van der Waals surface area contributed by atoms with Crippen LogP contribution in [-0.4, -0.2) is 17.2 Å². The van der Waals surface area contributed by atoms with Crippen molar-refractivity contribution in [1.82, 2.24) is 4.90 Å². The van der Waals surface area contributed by atoms with Crippen molar-refractivity contribution in [3.63, 3.8) is 0 Å². The normalized spacial score (nSPS) is 15.4. The van der Waals surface area contributed by atoms with Crippen LogP contribution in [0.3, 0.4) is 0 Å². The van der Waals surface area contributed by atoms with Gasteiger partial charge in [-0.2, -0.15) is 0 Å². The highest BCUT2D eigenvalue weighted by molar-refractivity contribution is 5.94. The molecule has 1 heterocycles. The van der Waals surface area contributed by atoms with Gasteiger partial charge in [0.15, 0.2) is 0 Å². The molecule has 0 spiro atoms. The van der Waals surface area contributed by atoms with Crippen molar-refractivity contribution in [3.05, 3.63) is 114 Å². The van der Waals surface area contributed by atoms with Gasteiger partial charge in [0.05, 0.1) is 0 Å². The molecule has 0 amide bonds. The van der Waals surface area contributed by atoms with E-state index in [1.54, 1.807) is 0 Å². The zero-order valence-electron chi connectivity index (χ0n) is 26.1. The first-order valence-corrected chi connectivity index (χ1v) is 14.2. The Morgan fingerprint density at radius 1 is 1.00 bits per heavy atom. The molecule has 1 aromatic carbocycles. The molecule has 0 saturated carbocycles. The molecule has 2 rings (SSSR count). The largest absolute Gasteiger partial charge is 0.349 e. The molecular weight excluding hydrogens is 460 g/mol. The molecule has 1 aliphatic rings. The van der Waals surface area contributed by atoms with Gasteiger partial charge in [-0.1, -0.05) is 107 Å². The first-order chi connectivity index (χ1) is 18.1. The molecule has 0 aromatic heterocycles. The molecule has 1 aromatic rings. The molecule has 0 N–H and O–H groups in total. The second-order valence-electron chi connectivity index (χ2n) is 9.77. The molecule has 1 fully saturated rings. The summed E-state index contributed by atoms with van der Waals surface area (Å²) < 4.78 is 0. The summed E-state index contributed by atoms with van der Waals surface area (Å²) in [4.78, 5) is 7.08. The van der Waals surface area contributed by atoms with Crippen LogP contribution in [-0.2, 0) is 0 Å². The Labute approximate surface area is 235 Å². The molecular formula is C36H54N2. The molecule has 1 unspecified atom stereocenters. The zero-order chi connectivity index (χ0) is 29.1. The molecule has 2 heteroatoms. The highest BCUT2D eigenvalue weighted by Crippen LogP contribution is 2.23. The Bertz CT molecular complexity index is 1040. The molecule has 1 saturated heterocycles. The van der Waals surface area contributed by atoms with Crippen molar-refractivity contribution in [3.8, 4) is 0 Å². The number of aliphatic imine (C=N–C) groups is 1. The summed E-state index contributed by atoms with van der Waals surface area (Å²) in [5.41, 5.74) is 9.78. The van der Waals surface area contributed by atoms with Crippen molar-refractivity contribution >= 4 is 11.3 Å². The maximum absolute atomic E-state index is 4.80.